The minimum absolute atomic E-state index is 0.0724. The Bertz CT molecular complexity index is 782. The molecule has 4 nitrogen and oxygen atoms in total. The number of carbonyl (C=O) groups excluding carboxylic acids is 2. The summed E-state index contributed by atoms with van der Waals surface area (Å²) >= 11 is 0. The maximum absolute atomic E-state index is 12.8. The van der Waals surface area contributed by atoms with Crippen molar-refractivity contribution in [2.45, 2.75) is 45.8 Å². The first-order valence-electron chi connectivity index (χ1n) is 8.61. The zero-order chi connectivity index (χ0) is 18.0. The van der Waals surface area contributed by atoms with Crippen molar-refractivity contribution in [3.8, 4) is 0 Å². The van der Waals surface area contributed by atoms with Crippen LogP contribution in [0.15, 0.2) is 48.5 Å². The van der Waals surface area contributed by atoms with Gasteiger partial charge in [0.1, 0.15) is 0 Å². The van der Waals surface area contributed by atoms with Gasteiger partial charge in [0, 0.05) is 11.7 Å². The Morgan fingerprint density at radius 1 is 1.16 bits per heavy atom. The minimum Gasteiger partial charge on any atom is -0.452 e. The molecule has 0 fully saturated rings. The molecule has 0 radical (unpaired) electrons. The highest BCUT2D eigenvalue weighted by atomic mass is 16.5. The van der Waals surface area contributed by atoms with Crippen LogP contribution in [0.25, 0.3) is 0 Å². The SMILES string of the molecule is Cc1ccc(CC(=O)O[C@@H](C)C(=O)N2c3ccccc3C[C@H]2C)cc1. The Kier molecular flexibility index (Phi) is 4.88. The highest BCUT2D eigenvalue weighted by Crippen LogP contribution is 2.32. The summed E-state index contributed by atoms with van der Waals surface area (Å²) in [4.78, 5) is 26.7. The fraction of sp³-hybridized carbons (Fsp3) is 0.333. The summed E-state index contributed by atoms with van der Waals surface area (Å²) in [7, 11) is 0. The van der Waals surface area contributed by atoms with Gasteiger partial charge in [-0.15, -0.1) is 0 Å². The summed E-state index contributed by atoms with van der Waals surface area (Å²) in [6, 6.07) is 15.7. The molecule has 3 rings (SSSR count). The lowest BCUT2D eigenvalue weighted by molar-refractivity contribution is -0.153. The average Bonchev–Trinajstić information content (AvgIpc) is 2.91. The van der Waals surface area contributed by atoms with E-state index in [-0.39, 0.29) is 24.3 Å². The van der Waals surface area contributed by atoms with E-state index in [1.807, 2.05) is 62.4 Å². The molecule has 4 heteroatoms. The number of carbonyl (C=O) groups is 2. The molecule has 1 heterocycles. The molecule has 2 aromatic rings. The van der Waals surface area contributed by atoms with Crippen molar-refractivity contribution in [2.24, 2.45) is 0 Å². The molecule has 0 unspecified atom stereocenters. The molecular weight excluding hydrogens is 314 g/mol. The van der Waals surface area contributed by atoms with Gasteiger partial charge < -0.3 is 9.64 Å². The highest BCUT2D eigenvalue weighted by Gasteiger charge is 2.34. The fourth-order valence-corrected chi connectivity index (χ4v) is 3.26. The predicted octanol–water partition coefficient (Wildman–Crippen LogP) is 3.45. The lowest BCUT2D eigenvalue weighted by Crippen LogP contribution is -2.43. The van der Waals surface area contributed by atoms with Crippen LogP contribution >= 0.6 is 0 Å². The molecule has 1 aliphatic heterocycles. The van der Waals surface area contributed by atoms with E-state index >= 15 is 0 Å². The third-order valence-corrected chi connectivity index (χ3v) is 4.57. The normalized spacial score (nSPS) is 17.1. The van der Waals surface area contributed by atoms with Crippen LogP contribution in [0.1, 0.15) is 30.5 Å². The summed E-state index contributed by atoms with van der Waals surface area (Å²) in [5.41, 5.74) is 4.10. The Hall–Kier alpha value is -2.62. The lowest BCUT2D eigenvalue weighted by atomic mass is 10.1. The lowest BCUT2D eigenvalue weighted by Gasteiger charge is -2.26. The maximum atomic E-state index is 12.8. The molecule has 0 spiro atoms. The largest absolute Gasteiger partial charge is 0.452 e. The number of aryl methyl sites for hydroxylation is 1. The maximum Gasteiger partial charge on any atom is 0.311 e. The van der Waals surface area contributed by atoms with E-state index in [0.717, 1.165) is 28.8 Å². The zero-order valence-corrected chi connectivity index (χ0v) is 14.9. The molecule has 0 aliphatic carbocycles. The van der Waals surface area contributed by atoms with Gasteiger partial charge in [0.05, 0.1) is 6.42 Å². The standard InChI is InChI=1S/C21H23NO3/c1-14-8-10-17(11-9-14)13-20(23)25-16(3)21(24)22-15(2)12-18-6-4-5-7-19(18)22/h4-11,15-16H,12-13H2,1-3H3/t15-,16+/m1/s1. The van der Waals surface area contributed by atoms with Gasteiger partial charge in [-0.1, -0.05) is 48.0 Å². The average molecular weight is 337 g/mol. The molecule has 2 atom stereocenters. The molecule has 25 heavy (non-hydrogen) atoms. The van der Waals surface area contributed by atoms with Crippen LogP contribution in [0, 0.1) is 6.92 Å². The van der Waals surface area contributed by atoms with Gasteiger partial charge in [-0.25, -0.2) is 0 Å². The number of ether oxygens (including phenoxy) is 1. The van der Waals surface area contributed by atoms with Crippen LogP contribution in [-0.2, 0) is 27.2 Å². The number of amides is 1. The summed E-state index contributed by atoms with van der Waals surface area (Å²) in [5.74, 6) is -0.556. The van der Waals surface area contributed by atoms with E-state index in [4.69, 9.17) is 4.74 Å². The Balaban J connectivity index is 1.64. The zero-order valence-electron chi connectivity index (χ0n) is 14.9. The monoisotopic (exact) mass is 337 g/mol. The van der Waals surface area contributed by atoms with E-state index < -0.39 is 6.10 Å². The predicted molar refractivity (Wildman–Crippen MR) is 97.5 cm³/mol. The third kappa shape index (κ3) is 3.73. The van der Waals surface area contributed by atoms with E-state index in [0.29, 0.717) is 0 Å². The number of hydrogen-bond donors (Lipinski definition) is 0. The van der Waals surface area contributed by atoms with Crippen molar-refractivity contribution in [1.29, 1.82) is 0 Å². The van der Waals surface area contributed by atoms with Gasteiger partial charge in [-0.05, 0) is 44.4 Å². The van der Waals surface area contributed by atoms with Crippen LogP contribution in [0.4, 0.5) is 5.69 Å². The number of hydrogen-bond acceptors (Lipinski definition) is 3. The van der Waals surface area contributed by atoms with Gasteiger partial charge in [0.15, 0.2) is 6.10 Å². The van der Waals surface area contributed by atoms with Gasteiger partial charge in [-0.3, -0.25) is 9.59 Å². The molecule has 130 valence electrons. The Labute approximate surface area is 148 Å². The summed E-state index contributed by atoms with van der Waals surface area (Å²) < 4.78 is 5.39. The minimum atomic E-state index is -0.799. The number of esters is 1. The Morgan fingerprint density at radius 2 is 1.84 bits per heavy atom. The number of fused-ring (bicyclic) bond motifs is 1. The molecule has 1 amide bonds. The van der Waals surface area contributed by atoms with Gasteiger partial charge in [-0.2, -0.15) is 0 Å². The number of benzene rings is 2. The number of anilines is 1. The number of para-hydroxylation sites is 1. The van der Waals surface area contributed by atoms with E-state index in [9.17, 15) is 9.59 Å². The van der Waals surface area contributed by atoms with Crippen LogP contribution in [0.2, 0.25) is 0 Å². The van der Waals surface area contributed by atoms with Gasteiger partial charge in [0.25, 0.3) is 5.91 Å². The first kappa shape index (κ1) is 17.2. The van der Waals surface area contributed by atoms with Crippen molar-refractivity contribution in [3.05, 3.63) is 65.2 Å². The van der Waals surface area contributed by atoms with E-state index in [1.54, 1.807) is 11.8 Å². The second kappa shape index (κ2) is 7.09. The smallest absolute Gasteiger partial charge is 0.311 e. The number of rotatable bonds is 4. The molecule has 0 N–H and O–H groups in total. The topological polar surface area (TPSA) is 46.6 Å². The second-order valence-corrected chi connectivity index (χ2v) is 6.68. The Morgan fingerprint density at radius 3 is 2.56 bits per heavy atom. The summed E-state index contributed by atoms with van der Waals surface area (Å²) in [6.07, 6.45) is 0.197. The second-order valence-electron chi connectivity index (χ2n) is 6.68. The fourth-order valence-electron chi connectivity index (χ4n) is 3.26. The molecule has 0 bridgehead atoms. The quantitative estimate of drug-likeness (QED) is 0.803. The van der Waals surface area contributed by atoms with Crippen molar-refractivity contribution in [2.75, 3.05) is 4.90 Å². The first-order valence-corrected chi connectivity index (χ1v) is 8.61. The summed E-state index contributed by atoms with van der Waals surface area (Å²) in [5, 5.41) is 0. The van der Waals surface area contributed by atoms with Crippen LogP contribution in [0.3, 0.4) is 0 Å². The third-order valence-electron chi connectivity index (χ3n) is 4.57. The molecule has 2 aromatic carbocycles. The highest BCUT2D eigenvalue weighted by molar-refractivity contribution is 5.99. The van der Waals surface area contributed by atoms with Crippen molar-refractivity contribution in [3.63, 3.8) is 0 Å². The molecule has 0 saturated heterocycles. The molecule has 1 aliphatic rings. The van der Waals surface area contributed by atoms with E-state index in [1.165, 1.54) is 0 Å². The first-order chi connectivity index (χ1) is 12.0. The van der Waals surface area contributed by atoms with Crippen molar-refractivity contribution in [1.82, 2.24) is 0 Å². The van der Waals surface area contributed by atoms with Gasteiger partial charge >= 0.3 is 5.97 Å². The van der Waals surface area contributed by atoms with Crippen LogP contribution in [0.5, 0.6) is 0 Å². The van der Waals surface area contributed by atoms with Crippen molar-refractivity contribution < 1.29 is 14.3 Å². The molecule has 0 aromatic heterocycles. The van der Waals surface area contributed by atoms with Gasteiger partial charge in [0.2, 0.25) is 0 Å². The molecule has 0 saturated carbocycles. The van der Waals surface area contributed by atoms with E-state index in [2.05, 4.69) is 0 Å². The number of nitrogens with zero attached hydrogens (tertiary/aromatic N) is 1. The van der Waals surface area contributed by atoms with Crippen LogP contribution < -0.4 is 4.90 Å². The van der Waals surface area contributed by atoms with Crippen molar-refractivity contribution >= 4 is 17.6 Å². The molecular formula is C21H23NO3. The summed E-state index contributed by atoms with van der Waals surface area (Å²) in [6.45, 7) is 5.65. The van der Waals surface area contributed by atoms with Crippen LogP contribution in [-0.4, -0.2) is 24.0 Å².